The molecule has 600 valence electrons. The first-order chi connectivity index (χ1) is 53.9. The number of carbonyl (C=O) groups is 11. The van der Waals surface area contributed by atoms with E-state index in [1.807, 2.05) is 18.2 Å². The number of likely N-dealkylation sites (tertiary alicyclic amines) is 1. The molecule has 7 aromatic carbocycles. The quantitative estimate of drug-likeness (QED) is 0.00638. The number of aromatic hydroxyl groups is 1. The van der Waals surface area contributed by atoms with Gasteiger partial charge in [-0.15, -0.1) is 0 Å². The average Bonchev–Trinajstić information content (AvgIpc) is 1.78. The van der Waals surface area contributed by atoms with E-state index in [4.69, 9.17) is 28.7 Å². The number of amides is 11. The van der Waals surface area contributed by atoms with E-state index in [0.717, 1.165) is 23.1 Å². The van der Waals surface area contributed by atoms with Crippen molar-refractivity contribution in [2.45, 2.75) is 145 Å². The third-order valence-corrected chi connectivity index (χ3v) is 18.7. The number of aliphatic hydroxyl groups excluding tert-OH is 1. The molecule has 0 aliphatic carbocycles. The molecule has 0 saturated carbocycles. The van der Waals surface area contributed by atoms with E-state index in [-0.39, 0.29) is 87.8 Å². The van der Waals surface area contributed by atoms with Crippen LogP contribution in [0, 0.1) is 29.1 Å². The molecular formula is C78H90F5N17O13. The molecule has 1 saturated heterocycles. The highest BCUT2D eigenvalue weighted by atomic mass is 19.2. The molecule has 11 amide bonds. The van der Waals surface area contributed by atoms with Gasteiger partial charge < -0.3 is 91.6 Å². The number of halogens is 5. The number of aliphatic hydroxyl groups is 1. The van der Waals surface area contributed by atoms with Gasteiger partial charge in [0.2, 0.25) is 70.8 Å². The summed E-state index contributed by atoms with van der Waals surface area (Å²) in [6.07, 6.45) is -2.75. The lowest BCUT2D eigenvalue weighted by molar-refractivity contribution is -0.142. The molecule has 0 unspecified atom stereocenters. The summed E-state index contributed by atoms with van der Waals surface area (Å²) >= 11 is 0. The number of phenolic OH excluding ortho intramolecular Hbond substituents is 1. The Kier molecular flexibility index (Phi) is 30.9. The molecule has 7 aromatic rings. The molecule has 30 nitrogen and oxygen atoms in total. The van der Waals surface area contributed by atoms with Crippen LogP contribution in [0.5, 0.6) is 5.75 Å². The van der Waals surface area contributed by atoms with Gasteiger partial charge in [-0.25, -0.2) is 22.0 Å². The zero-order valence-corrected chi connectivity index (χ0v) is 61.7. The molecule has 0 spiro atoms. The summed E-state index contributed by atoms with van der Waals surface area (Å²) in [6, 6.07) is 21.3. The topological polar surface area (TPSA) is 495 Å². The standard InChI is InChI=1S/C78H90F5N17O13/c1-41(67(84)104)91-75(112)61-21-12-32-100(61)76(113)54(20-11-31-90-78(87)88)94-71(108)56(35-43-13-4-3-5-14-43)95-68(105)53(19-10-30-89-77(85)86)93-70(107)57(36-44-24-28-51(103)29-25-44)97-74(111)60(40-101)99-73(110)59(39-52-62(79)64(81)66(83)65(82)63(52)80)98-72(109)58(38-46-23-27-48-16-7-9-18-50(48)34-46)96-69(106)55(92-42(2)102)37-45-22-26-47-15-6-8-17-49(47)33-45/h3-9,13-18,22-29,33-34,41,53-61,101,103H,10-12,19-21,30-32,35-40H2,1-2H3,(H2,84,104)(H,91,112)(H,92,102)(H,93,107)(H,94,108)(H,95,105)(H,96,106)(H,97,111)(H,98,109)(H,99,110)(H4,85,86,89)(H4,87,88,90)/t41-,53-,54+,55-,56+,57+,58-,59-,60+,61+/m1/s1. The van der Waals surface area contributed by atoms with Gasteiger partial charge in [0.05, 0.1) is 6.61 Å². The Morgan fingerprint density at radius 3 is 1.27 bits per heavy atom. The summed E-state index contributed by atoms with van der Waals surface area (Å²) in [7, 11) is 0. The summed E-state index contributed by atoms with van der Waals surface area (Å²) in [5, 5.41) is 46.6. The Morgan fingerprint density at radius 2 is 0.814 bits per heavy atom. The number of phenols is 1. The number of hydrogen-bond donors (Lipinski definition) is 16. The van der Waals surface area contributed by atoms with Crippen molar-refractivity contribution in [3.63, 3.8) is 0 Å². The second kappa shape index (κ2) is 40.7. The van der Waals surface area contributed by atoms with Crippen molar-refractivity contribution < 1.29 is 84.9 Å². The first-order valence-electron chi connectivity index (χ1n) is 36.2. The number of guanidine groups is 2. The van der Waals surface area contributed by atoms with E-state index in [2.05, 4.69) is 57.8 Å². The number of rotatable bonds is 38. The fourth-order valence-electron chi connectivity index (χ4n) is 12.8. The van der Waals surface area contributed by atoms with Gasteiger partial charge >= 0.3 is 0 Å². The minimum atomic E-state index is -2.58. The molecule has 0 aromatic heterocycles. The van der Waals surface area contributed by atoms with Crippen molar-refractivity contribution >= 4 is 98.4 Å². The van der Waals surface area contributed by atoms with Crippen molar-refractivity contribution in [2.75, 3.05) is 26.2 Å². The van der Waals surface area contributed by atoms with E-state index < -0.39 is 186 Å². The van der Waals surface area contributed by atoms with Gasteiger partial charge in [0, 0.05) is 64.2 Å². The van der Waals surface area contributed by atoms with Crippen LogP contribution in [0.4, 0.5) is 22.0 Å². The van der Waals surface area contributed by atoms with Crippen LogP contribution in [0.1, 0.15) is 80.2 Å². The smallest absolute Gasteiger partial charge is 0.245 e. The molecule has 8 rings (SSSR count). The van der Waals surface area contributed by atoms with E-state index >= 15 is 31.9 Å². The van der Waals surface area contributed by atoms with Gasteiger partial charge in [0.25, 0.3) is 0 Å². The molecule has 21 N–H and O–H groups in total. The minimum Gasteiger partial charge on any atom is -0.508 e. The van der Waals surface area contributed by atoms with E-state index in [9.17, 15) is 53.0 Å². The Morgan fingerprint density at radius 1 is 0.442 bits per heavy atom. The zero-order valence-electron chi connectivity index (χ0n) is 61.7. The molecule has 35 heteroatoms. The summed E-state index contributed by atoms with van der Waals surface area (Å²) < 4.78 is 76.5. The van der Waals surface area contributed by atoms with E-state index in [1.165, 1.54) is 36.1 Å². The number of nitrogens with two attached hydrogens (primary N) is 5. The highest BCUT2D eigenvalue weighted by Crippen LogP contribution is 2.27. The van der Waals surface area contributed by atoms with Crippen LogP contribution in [0.3, 0.4) is 0 Å². The van der Waals surface area contributed by atoms with Gasteiger partial charge in [-0.2, -0.15) is 0 Å². The fraction of sp³-hybridized carbons (Fsp3) is 0.346. The lowest BCUT2D eigenvalue weighted by Crippen LogP contribution is -2.61. The highest BCUT2D eigenvalue weighted by molar-refractivity contribution is 6.00. The lowest BCUT2D eigenvalue weighted by Gasteiger charge is -2.30. The van der Waals surface area contributed by atoms with Gasteiger partial charge in [-0.3, -0.25) is 62.7 Å². The maximum absolute atomic E-state index is 15.8. The number of hydrogen-bond acceptors (Lipinski definition) is 15. The number of primary amides is 1. The molecule has 1 aliphatic heterocycles. The van der Waals surface area contributed by atoms with Gasteiger partial charge in [-0.1, -0.05) is 127 Å². The Hall–Kier alpha value is -12.8. The minimum absolute atomic E-state index is 0.00910. The number of nitrogens with one attached hydrogen (secondary N) is 9. The molecule has 1 aliphatic rings. The van der Waals surface area contributed by atoms with Crippen molar-refractivity contribution in [3.05, 3.63) is 196 Å². The molecule has 10 atom stereocenters. The predicted octanol–water partition coefficient (Wildman–Crippen LogP) is 0.886. The first kappa shape index (κ1) is 85.8. The summed E-state index contributed by atoms with van der Waals surface area (Å²) in [6.45, 7) is 1.03. The normalized spacial score (nSPS) is 14.9. The monoisotopic (exact) mass is 1570 g/mol. The largest absolute Gasteiger partial charge is 0.508 e. The number of nitrogens with zero attached hydrogens (tertiary/aromatic N) is 3. The molecule has 0 bridgehead atoms. The number of benzene rings is 7. The second-order valence-electron chi connectivity index (χ2n) is 27.2. The van der Waals surface area contributed by atoms with Crippen molar-refractivity contribution in [2.24, 2.45) is 38.7 Å². The highest BCUT2D eigenvalue weighted by Gasteiger charge is 2.41. The fourth-order valence-corrected chi connectivity index (χ4v) is 12.8. The number of aliphatic imine (C=N–C) groups is 2. The Bertz CT molecular complexity index is 4660. The second-order valence-corrected chi connectivity index (χ2v) is 27.2. The summed E-state index contributed by atoms with van der Waals surface area (Å²) in [5.41, 5.74) is 27.8. The maximum atomic E-state index is 15.8. The van der Waals surface area contributed by atoms with Gasteiger partial charge in [0.1, 0.15) is 66.2 Å². The predicted molar refractivity (Wildman–Crippen MR) is 407 cm³/mol. The molecule has 113 heavy (non-hydrogen) atoms. The Balaban J connectivity index is 1.09. The summed E-state index contributed by atoms with van der Waals surface area (Å²) in [4.78, 5) is 166. The number of carbonyl (C=O) groups excluding carboxylic acids is 11. The van der Waals surface area contributed by atoms with Crippen LogP contribution in [0.25, 0.3) is 21.5 Å². The van der Waals surface area contributed by atoms with Crippen LogP contribution in [-0.4, -0.2) is 179 Å². The average molecular weight is 1570 g/mol. The maximum Gasteiger partial charge on any atom is 0.245 e. The van der Waals surface area contributed by atoms with Crippen LogP contribution in [-0.2, 0) is 84.8 Å². The lowest BCUT2D eigenvalue weighted by atomic mass is 9.98. The van der Waals surface area contributed by atoms with Crippen molar-refractivity contribution in [1.82, 2.24) is 52.8 Å². The third-order valence-electron chi connectivity index (χ3n) is 18.7. The van der Waals surface area contributed by atoms with Crippen molar-refractivity contribution in [1.29, 1.82) is 0 Å². The molecular weight excluding hydrogens is 1480 g/mol. The van der Waals surface area contributed by atoms with E-state index in [1.54, 1.807) is 97.1 Å². The SMILES string of the molecule is CC(=O)N[C@H](Cc1ccc2ccccc2c1)C(=O)N[C@H](Cc1ccc2ccccc2c1)C(=O)N[C@H](Cc1c(F)c(F)c(F)c(F)c1F)C(=O)N[C@@H](CO)C(=O)N[C@@H](Cc1ccc(O)cc1)C(=O)N[C@H](CCCN=C(N)N)C(=O)N[C@@H](Cc1ccccc1)C(=O)N[C@@H](CCCN=C(N)N)C(=O)N1CCC[C@H]1C(=O)N[C@H](C)C(N)=O. The van der Waals surface area contributed by atoms with E-state index in [0.29, 0.717) is 28.5 Å². The van der Waals surface area contributed by atoms with Gasteiger partial charge in [0.15, 0.2) is 35.2 Å². The molecule has 1 heterocycles. The third kappa shape index (κ3) is 24.6. The molecule has 1 fully saturated rings. The van der Waals surface area contributed by atoms with Crippen LogP contribution in [0.15, 0.2) is 150 Å². The molecule has 0 radical (unpaired) electrons. The van der Waals surface area contributed by atoms with Crippen molar-refractivity contribution in [3.8, 4) is 5.75 Å². The van der Waals surface area contributed by atoms with Crippen LogP contribution in [0.2, 0.25) is 0 Å². The summed E-state index contributed by atoms with van der Waals surface area (Å²) in [5.74, 6) is -24.6. The Labute approximate surface area is 645 Å². The van der Waals surface area contributed by atoms with Gasteiger partial charge in [-0.05, 0) is 101 Å². The zero-order chi connectivity index (χ0) is 82.2. The van der Waals surface area contributed by atoms with Crippen LogP contribution < -0.4 is 76.5 Å². The first-order valence-corrected chi connectivity index (χ1v) is 36.2. The van der Waals surface area contributed by atoms with Crippen LogP contribution >= 0.6 is 0 Å². The number of fused-ring (bicyclic) bond motifs is 2.